The number of nitrogens with one attached hydrogen (secondary N) is 1. The number of piperazine rings is 1. The lowest BCUT2D eigenvalue weighted by Gasteiger charge is -2.24. The predicted octanol–water partition coefficient (Wildman–Crippen LogP) is -0.909. The average Bonchev–Trinajstić information content (AvgIpc) is 1.91. The number of carbonyl (C=O) groups excluding carboxylic acids is 1. The van der Waals surface area contributed by atoms with Crippen molar-refractivity contribution >= 4 is 6.29 Å². The standard InChI is InChI=1S/C6H12N2O/c9-6-5-8-3-1-7-2-4-8/h6-7H,1-5H2/i9+2. The van der Waals surface area contributed by atoms with Gasteiger partial charge in [-0.2, -0.15) is 0 Å². The highest BCUT2D eigenvalue weighted by Gasteiger charge is 2.06. The zero-order valence-corrected chi connectivity index (χ0v) is 5.47. The lowest BCUT2D eigenvalue weighted by Crippen LogP contribution is -2.44. The van der Waals surface area contributed by atoms with Crippen molar-refractivity contribution in [3.8, 4) is 0 Å². The molecular weight excluding hydrogens is 118 g/mol. The second-order valence-corrected chi connectivity index (χ2v) is 2.22. The topological polar surface area (TPSA) is 32.3 Å². The van der Waals surface area contributed by atoms with Crippen LogP contribution in [0.1, 0.15) is 0 Å². The highest BCUT2D eigenvalue weighted by atomic mass is 18.1. The Balaban J connectivity index is 2.15. The minimum atomic E-state index is 0.599. The van der Waals surface area contributed by atoms with E-state index in [-0.39, 0.29) is 0 Å². The largest absolute Gasteiger partial charge is 0.314 e. The lowest BCUT2D eigenvalue weighted by molar-refractivity contribution is -0.109. The van der Waals surface area contributed by atoms with E-state index >= 15 is 0 Å². The molecule has 0 aliphatic carbocycles. The molecule has 0 atom stereocenters. The molecule has 0 aromatic carbocycles. The zero-order chi connectivity index (χ0) is 6.53. The van der Waals surface area contributed by atoms with E-state index in [1.165, 1.54) is 0 Å². The van der Waals surface area contributed by atoms with Crippen LogP contribution in [0.15, 0.2) is 0 Å². The molecule has 9 heavy (non-hydrogen) atoms. The Morgan fingerprint density at radius 1 is 1.44 bits per heavy atom. The van der Waals surface area contributed by atoms with Crippen LogP contribution in [0.2, 0.25) is 0 Å². The maximum absolute atomic E-state index is 10.0. The fraction of sp³-hybridized carbons (Fsp3) is 0.833. The van der Waals surface area contributed by atoms with E-state index in [2.05, 4.69) is 10.2 Å². The van der Waals surface area contributed by atoms with Crippen LogP contribution in [0.4, 0.5) is 0 Å². The molecule has 0 radical (unpaired) electrons. The molecule has 3 nitrogen and oxygen atoms in total. The molecule has 0 unspecified atom stereocenters. The third-order valence-electron chi connectivity index (χ3n) is 1.54. The summed E-state index contributed by atoms with van der Waals surface area (Å²) in [7, 11) is 0. The van der Waals surface area contributed by atoms with Gasteiger partial charge in [0.1, 0.15) is 6.29 Å². The van der Waals surface area contributed by atoms with E-state index in [1.807, 2.05) is 0 Å². The number of nitrogens with zero attached hydrogens (tertiary/aromatic N) is 1. The van der Waals surface area contributed by atoms with Crippen molar-refractivity contribution < 1.29 is 4.79 Å². The Morgan fingerprint density at radius 3 is 2.67 bits per heavy atom. The molecule has 1 rings (SSSR count). The molecule has 0 bridgehead atoms. The fourth-order valence-electron chi connectivity index (χ4n) is 0.999. The number of hydrogen-bond acceptors (Lipinski definition) is 3. The van der Waals surface area contributed by atoms with Gasteiger partial charge in [-0.05, 0) is 0 Å². The van der Waals surface area contributed by atoms with Crippen molar-refractivity contribution in [1.29, 1.82) is 0 Å². The van der Waals surface area contributed by atoms with Gasteiger partial charge in [-0.25, -0.2) is 0 Å². The highest BCUT2D eigenvalue weighted by Crippen LogP contribution is 1.87. The van der Waals surface area contributed by atoms with E-state index < -0.39 is 0 Å². The summed E-state index contributed by atoms with van der Waals surface area (Å²) in [6, 6.07) is 0. The Kier molecular flexibility index (Phi) is 2.67. The maximum Gasteiger partial charge on any atom is 0.133 e. The van der Waals surface area contributed by atoms with Gasteiger partial charge in [0.15, 0.2) is 0 Å². The molecule has 1 N–H and O–H groups in total. The van der Waals surface area contributed by atoms with Gasteiger partial charge < -0.3 is 10.1 Å². The predicted molar refractivity (Wildman–Crippen MR) is 35.4 cm³/mol. The van der Waals surface area contributed by atoms with Crippen LogP contribution in [0.3, 0.4) is 0 Å². The van der Waals surface area contributed by atoms with Crippen molar-refractivity contribution in [3.63, 3.8) is 0 Å². The summed E-state index contributed by atoms with van der Waals surface area (Å²) in [5.41, 5.74) is 0. The molecule has 0 spiro atoms. The van der Waals surface area contributed by atoms with Gasteiger partial charge in [0.25, 0.3) is 0 Å². The molecule has 3 heteroatoms. The molecule has 0 aromatic rings. The summed E-state index contributed by atoms with van der Waals surface area (Å²) in [5, 5.41) is 3.22. The van der Waals surface area contributed by atoms with E-state index in [1.54, 1.807) is 0 Å². The molecule has 1 fully saturated rings. The summed E-state index contributed by atoms with van der Waals surface area (Å²) in [4.78, 5) is 12.2. The molecule has 1 heterocycles. The van der Waals surface area contributed by atoms with Crippen LogP contribution in [0, 0.1) is 0 Å². The van der Waals surface area contributed by atoms with Gasteiger partial charge in [0.05, 0.1) is 6.54 Å². The number of aldehydes is 1. The molecule has 1 saturated heterocycles. The molecule has 52 valence electrons. The van der Waals surface area contributed by atoms with Crippen LogP contribution >= 0.6 is 0 Å². The number of hydrogen-bond donors (Lipinski definition) is 1. The Labute approximate surface area is 55.0 Å². The van der Waals surface area contributed by atoms with Gasteiger partial charge in [0, 0.05) is 26.2 Å². The van der Waals surface area contributed by atoms with E-state index in [9.17, 15) is 4.79 Å². The highest BCUT2D eigenvalue weighted by molar-refractivity contribution is 5.51. The van der Waals surface area contributed by atoms with Crippen molar-refractivity contribution in [2.45, 2.75) is 0 Å². The van der Waals surface area contributed by atoms with Crippen LogP contribution in [0.5, 0.6) is 0 Å². The van der Waals surface area contributed by atoms with Gasteiger partial charge in [0.2, 0.25) is 0 Å². The number of carbonyl (C=O) groups is 1. The fourth-order valence-corrected chi connectivity index (χ4v) is 0.999. The van der Waals surface area contributed by atoms with Crippen LogP contribution in [-0.2, 0) is 4.79 Å². The lowest BCUT2D eigenvalue weighted by atomic mass is 10.4. The monoisotopic (exact) mass is 130 g/mol. The molecule has 1 aliphatic heterocycles. The molecular formula is C6H12N2O. The quantitative estimate of drug-likeness (QED) is 0.388. The first kappa shape index (κ1) is 6.71. The second kappa shape index (κ2) is 3.58. The summed E-state index contributed by atoms with van der Waals surface area (Å²) in [5.74, 6) is 0. The van der Waals surface area contributed by atoms with E-state index in [0.29, 0.717) is 6.54 Å². The van der Waals surface area contributed by atoms with Crippen molar-refractivity contribution in [3.05, 3.63) is 0 Å². The Morgan fingerprint density at radius 2 is 2.11 bits per heavy atom. The minimum absolute atomic E-state index is 0.599. The molecule has 1 aliphatic rings. The molecule has 0 amide bonds. The third-order valence-corrected chi connectivity index (χ3v) is 1.54. The van der Waals surface area contributed by atoms with Gasteiger partial charge in [-0.15, -0.1) is 0 Å². The molecule has 0 saturated carbocycles. The van der Waals surface area contributed by atoms with E-state index in [0.717, 1.165) is 32.5 Å². The molecule has 0 aromatic heterocycles. The zero-order valence-electron chi connectivity index (χ0n) is 5.47. The normalized spacial score (nSPS) is 21.8. The van der Waals surface area contributed by atoms with E-state index in [4.69, 9.17) is 0 Å². The van der Waals surface area contributed by atoms with Crippen molar-refractivity contribution in [1.82, 2.24) is 10.2 Å². The van der Waals surface area contributed by atoms with Gasteiger partial charge >= 0.3 is 0 Å². The Hall–Kier alpha value is -0.410. The third kappa shape index (κ3) is 2.11. The second-order valence-electron chi connectivity index (χ2n) is 2.22. The van der Waals surface area contributed by atoms with Crippen LogP contribution in [-0.4, -0.2) is 43.9 Å². The van der Waals surface area contributed by atoms with Gasteiger partial charge in [-0.3, -0.25) is 4.90 Å². The summed E-state index contributed by atoms with van der Waals surface area (Å²) in [6.45, 7) is 4.67. The maximum atomic E-state index is 10.0. The summed E-state index contributed by atoms with van der Waals surface area (Å²) in [6.07, 6.45) is 0.964. The first-order valence-electron chi connectivity index (χ1n) is 3.30. The van der Waals surface area contributed by atoms with Crippen molar-refractivity contribution in [2.24, 2.45) is 0 Å². The SMILES string of the molecule is [18O]=CCN1CCNCC1. The minimum Gasteiger partial charge on any atom is -0.314 e. The first-order valence-corrected chi connectivity index (χ1v) is 3.30. The first-order chi connectivity index (χ1) is 4.43. The Bertz CT molecular complexity index is 89.1. The average molecular weight is 130 g/mol. The van der Waals surface area contributed by atoms with Crippen LogP contribution < -0.4 is 5.32 Å². The smallest absolute Gasteiger partial charge is 0.133 e. The van der Waals surface area contributed by atoms with Crippen LogP contribution in [0.25, 0.3) is 0 Å². The summed E-state index contributed by atoms with van der Waals surface area (Å²) >= 11 is 0. The van der Waals surface area contributed by atoms with Gasteiger partial charge in [-0.1, -0.05) is 0 Å². The summed E-state index contributed by atoms with van der Waals surface area (Å²) < 4.78 is 0. The van der Waals surface area contributed by atoms with Crippen molar-refractivity contribution in [2.75, 3.05) is 32.7 Å². The number of rotatable bonds is 2.